The zero-order chi connectivity index (χ0) is 9.15. The minimum Gasteiger partial charge on any atom is -0.299 e. The first-order chi connectivity index (χ1) is 5.39. The van der Waals surface area contributed by atoms with E-state index in [2.05, 4.69) is 20.8 Å². The van der Waals surface area contributed by atoms with Crippen molar-refractivity contribution >= 4 is 17.4 Å². The molecule has 0 unspecified atom stereocenters. The maximum atomic E-state index is 11.7. The quantitative estimate of drug-likeness (QED) is 0.532. The van der Waals surface area contributed by atoms with Gasteiger partial charge in [-0.05, 0) is 17.8 Å². The van der Waals surface area contributed by atoms with Crippen molar-refractivity contribution in [3.05, 3.63) is 0 Å². The zero-order valence-corrected chi connectivity index (χ0v) is 8.61. The van der Waals surface area contributed by atoms with Crippen LogP contribution < -0.4 is 0 Å². The fourth-order valence-corrected chi connectivity index (χ4v) is 3.65. The molecule has 0 aromatic heterocycles. The molecule has 2 aliphatic carbocycles. The summed E-state index contributed by atoms with van der Waals surface area (Å²) in [6, 6.07) is 0. The summed E-state index contributed by atoms with van der Waals surface area (Å²) in [5, 5.41) is 0.225. The van der Waals surface area contributed by atoms with Gasteiger partial charge in [0.1, 0.15) is 5.78 Å². The highest BCUT2D eigenvalue weighted by molar-refractivity contribution is 6.22. The number of hydrogen-bond acceptors (Lipinski definition) is 1. The Kier molecular flexibility index (Phi) is 1.47. The highest BCUT2D eigenvalue weighted by atomic mass is 35.5. The van der Waals surface area contributed by atoms with Crippen LogP contribution in [-0.4, -0.2) is 11.2 Å². The molecule has 2 bridgehead atoms. The number of carbonyl (C=O) groups excluding carboxylic acids is 1. The molecule has 0 aromatic rings. The fourth-order valence-electron chi connectivity index (χ4n) is 2.94. The molecule has 68 valence electrons. The molecule has 0 radical (unpaired) electrons. The Morgan fingerprint density at radius 3 is 2.25 bits per heavy atom. The summed E-state index contributed by atoms with van der Waals surface area (Å²) in [5.74, 6) is 0.839. The average molecular weight is 187 g/mol. The van der Waals surface area contributed by atoms with E-state index in [1.54, 1.807) is 0 Å². The number of rotatable bonds is 0. The topological polar surface area (TPSA) is 17.1 Å². The lowest BCUT2D eigenvalue weighted by Gasteiger charge is -2.32. The second-order valence-corrected chi connectivity index (χ2v) is 5.57. The van der Waals surface area contributed by atoms with Gasteiger partial charge in [-0.1, -0.05) is 20.8 Å². The summed E-state index contributed by atoms with van der Waals surface area (Å²) in [5.41, 5.74) is -0.0133. The van der Waals surface area contributed by atoms with E-state index in [0.29, 0.717) is 18.1 Å². The van der Waals surface area contributed by atoms with Crippen LogP contribution in [0.3, 0.4) is 0 Å². The van der Waals surface area contributed by atoms with Crippen molar-refractivity contribution in [2.75, 3.05) is 0 Å². The lowest BCUT2D eigenvalue weighted by atomic mass is 9.70. The molecule has 0 heterocycles. The van der Waals surface area contributed by atoms with E-state index in [1.807, 2.05) is 0 Å². The molecule has 2 heteroatoms. The van der Waals surface area contributed by atoms with Crippen LogP contribution in [0.2, 0.25) is 0 Å². The summed E-state index contributed by atoms with van der Waals surface area (Å²) in [4.78, 5) is 11.7. The average Bonchev–Trinajstić information content (AvgIpc) is 2.18. The Morgan fingerprint density at radius 1 is 1.42 bits per heavy atom. The third-order valence-corrected chi connectivity index (χ3v) is 4.87. The van der Waals surface area contributed by atoms with Gasteiger partial charge in [-0.15, -0.1) is 11.6 Å². The predicted octanol–water partition coefficient (Wildman–Crippen LogP) is 2.62. The smallest absolute Gasteiger partial charge is 0.139 e. The lowest BCUT2D eigenvalue weighted by molar-refractivity contribution is -0.128. The van der Waals surface area contributed by atoms with Gasteiger partial charge in [0.15, 0.2) is 0 Å². The number of carbonyl (C=O) groups is 1. The molecule has 2 aliphatic rings. The molecule has 2 fully saturated rings. The molecule has 3 atom stereocenters. The normalized spacial score (nSPS) is 50.2. The molecule has 0 aromatic carbocycles. The third kappa shape index (κ3) is 0.693. The van der Waals surface area contributed by atoms with Crippen LogP contribution in [0.15, 0.2) is 0 Å². The maximum absolute atomic E-state index is 11.7. The Hall–Kier alpha value is -0.0400. The Morgan fingerprint density at radius 2 is 2.00 bits per heavy atom. The lowest BCUT2D eigenvalue weighted by Crippen LogP contribution is -2.32. The number of alkyl halides is 1. The van der Waals surface area contributed by atoms with Crippen LogP contribution in [0.25, 0.3) is 0 Å². The van der Waals surface area contributed by atoms with Gasteiger partial charge in [0.2, 0.25) is 0 Å². The Balaban J connectivity index is 2.47. The summed E-state index contributed by atoms with van der Waals surface area (Å²) in [6.45, 7) is 6.45. The second kappa shape index (κ2) is 2.06. The number of fused-ring (bicyclic) bond motifs is 2. The van der Waals surface area contributed by atoms with E-state index in [4.69, 9.17) is 11.6 Å². The third-order valence-electron chi connectivity index (χ3n) is 4.41. The van der Waals surface area contributed by atoms with Gasteiger partial charge >= 0.3 is 0 Å². The largest absolute Gasteiger partial charge is 0.299 e. The molecule has 0 saturated heterocycles. The van der Waals surface area contributed by atoms with Crippen molar-refractivity contribution < 1.29 is 4.79 Å². The van der Waals surface area contributed by atoms with Gasteiger partial charge in [0.05, 0.1) is 0 Å². The molecule has 2 saturated carbocycles. The molecule has 0 amide bonds. The maximum Gasteiger partial charge on any atom is 0.139 e. The molecular formula is C10H15ClO. The Bertz CT molecular complexity index is 246. The summed E-state index contributed by atoms with van der Waals surface area (Å²) < 4.78 is 0. The van der Waals surface area contributed by atoms with E-state index in [1.165, 1.54) is 0 Å². The van der Waals surface area contributed by atoms with E-state index >= 15 is 0 Å². The Labute approximate surface area is 78.5 Å². The minimum absolute atomic E-state index is 0.122. The second-order valence-electron chi connectivity index (χ2n) is 5.01. The van der Waals surface area contributed by atoms with Gasteiger partial charge in [0.25, 0.3) is 0 Å². The van der Waals surface area contributed by atoms with Crippen molar-refractivity contribution in [1.82, 2.24) is 0 Å². The summed E-state index contributed by atoms with van der Waals surface area (Å²) in [6.07, 6.45) is 1.59. The highest BCUT2D eigenvalue weighted by Crippen LogP contribution is 2.64. The highest BCUT2D eigenvalue weighted by Gasteiger charge is 2.64. The first kappa shape index (κ1) is 8.55. The monoisotopic (exact) mass is 186 g/mol. The number of hydrogen-bond donors (Lipinski definition) is 0. The van der Waals surface area contributed by atoms with Gasteiger partial charge in [0, 0.05) is 17.2 Å². The van der Waals surface area contributed by atoms with E-state index in [0.717, 1.165) is 6.42 Å². The van der Waals surface area contributed by atoms with Crippen molar-refractivity contribution in [2.24, 2.45) is 16.7 Å². The summed E-state index contributed by atoms with van der Waals surface area (Å²) in [7, 11) is 0. The number of halogens is 1. The van der Waals surface area contributed by atoms with Gasteiger partial charge in [-0.25, -0.2) is 0 Å². The minimum atomic E-state index is -0.135. The summed E-state index contributed by atoms with van der Waals surface area (Å²) >= 11 is 6.20. The molecule has 12 heavy (non-hydrogen) atoms. The van der Waals surface area contributed by atoms with Crippen LogP contribution in [0, 0.1) is 16.7 Å². The van der Waals surface area contributed by atoms with Crippen LogP contribution in [0.5, 0.6) is 0 Å². The van der Waals surface area contributed by atoms with E-state index < -0.39 is 0 Å². The number of Topliss-reactive ketones (excluding diaryl/α,β-unsaturated/α-hetero) is 1. The molecule has 1 nitrogen and oxygen atoms in total. The molecule has 0 aliphatic heterocycles. The molecular weight excluding hydrogens is 172 g/mol. The van der Waals surface area contributed by atoms with Crippen molar-refractivity contribution in [3.8, 4) is 0 Å². The van der Waals surface area contributed by atoms with Gasteiger partial charge in [-0.2, -0.15) is 0 Å². The van der Waals surface area contributed by atoms with Crippen molar-refractivity contribution in [2.45, 2.75) is 39.0 Å². The zero-order valence-electron chi connectivity index (χ0n) is 7.86. The molecule has 0 spiro atoms. The molecule has 0 N–H and O–H groups in total. The fraction of sp³-hybridized carbons (Fsp3) is 0.900. The van der Waals surface area contributed by atoms with Gasteiger partial charge < -0.3 is 0 Å². The number of ketones is 1. The molecule has 2 rings (SSSR count). The van der Waals surface area contributed by atoms with E-state index in [-0.39, 0.29) is 16.2 Å². The van der Waals surface area contributed by atoms with Gasteiger partial charge in [-0.3, -0.25) is 4.79 Å². The first-order valence-corrected chi connectivity index (χ1v) is 5.00. The van der Waals surface area contributed by atoms with E-state index in [9.17, 15) is 4.79 Å². The van der Waals surface area contributed by atoms with Crippen LogP contribution in [-0.2, 0) is 4.79 Å². The van der Waals surface area contributed by atoms with Crippen LogP contribution in [0.4, 0.5) is 0 Å². The standard InChI is InChI=1S/C10H15ClO/c1-9(2)6-4-8(12)10(9,3)5-7(6)11/h6-7H,4-5H2,1-3H3/t6-,7+,10-/m0/s1. The first-order valence-electron chi connectivity index (χ1n) is 4.57. The van der Waals surface area contributed by atoms with Crippen LogP contribution in [0.1, 0.15) is 33.6 Å². The predicted molar refractivity (Wildman–Crippen MR) is 49.3 cm³/mol. The SMILES string of the molecule is CC1(C)[C@H]2CC(=O)[C@]1(C)C[C@H]2Cl. The van der Waals surface area contributed by atoms with Crippen molar-refractivity contribution in [1.29, 1.82) is 0 Å². The van der Waals surface area contributed by atoms with Crippen LogP contribution >= 0.6 is 11.6 Å². The van der Waals surface area contributed by atoms with Crippen molar-refractivity contribution in [3.63, 3.8) is 0 Å².